The highest BCUT2D eigenvalue weighted by Gasteiger charge is 2.05. The van der Waals surface area contributed by atoms with Gasteiger partial charge >= 0.3 is 0 Å². The number of phenolic OH excluding ortho intramolecular Hbond substituents is 1. The zero-order valence-electron chi connectivity index (χ0n) is 7.61. The van der Waals surface area contributed by atoms with Crippen molar-refractivity contribution in [2.75, 3.05) is 0 Å². The number of hydrogen-bond acceptors (Lipinski definition) is 2. The highest BCUT2D eigenvalue weighted by atomic mass is 19.1. The third-order valence-electron chi connectivity index (χ3n) is 2.06. The van der Waals surface area contributed by atoms with Crippen LogP contribution in [0.25, 0.3) is 11.3 Å². The molecule has 1 aromatic heterocycles. The van der Waals surface area contributed by atoms with Crippen LogP contribution in [0.3, 0.4) is 0 Å². The Morgan fingerprint density at radius 2 is 2.21 bits per heavy atom. The third kappa shape index (κ3) is 1.35. The number of phenols is 1. The van der Waals surface area contributed by atoms with E-state index in [1.807, 2.05) is 7.05 Å². The van der Waals surface area contributed by atoms with Crippen molar-refractivity contribution in [2.24, 2.45) is 7.05 Å². The van der Waals surface area contributed by atoms with Crippen molar-refractivity contribution in [3.8, 4) is 17.0 Å². The van der Waals surface area contributed by atoms with E-state index in [2.05, 4.69) is 4.98 Å². The average molecular weight is 192 g/mol. The van der Waals surface area contributed by atoms with Crippen LogP contribution in [0.1, 0.15) is 0 Å². The Morgan fingerprint density at radius 1 is 1.43 bits per heavy atom. The van der Waals surface area contributed by atoms with Crippen LogP contribution >= 0.6 is 0 Å². The highest BCUT2D eigenvalue weighted by molar-refractivity contribution is 5.60. The fourth-order valence-corrected chi connectivity index (χ4v) is 1.30. The number of imidazole rings is 1. The molecule has 1 N–H and O–H groups in total. The van der Waals surface area contributed by atoms with Crippen LogP contribution in [0.15, 0.2) is 30.7 Å². The van der Waals surface area contributed by atoms with Gasteiger partial charge in [-0.2, -0.15) is 0 Å². The third-order valence-corrected chi connectivity index (χ3v) is 2.06. The number of hydrogen-bond donors (Lipinski definition) is 1. The maximum Gasteiger partial charge on any atom is 0.165 e. The van der Waals surface area contributed by atoms with Crippen LogP contribution in [0.4, 0.5) is 4.39 Å². The molecule has 0 bridgehead atoms. The lowest BCUT2D eigenvalue weighted by molar-refractivity contribution is 0.432. The minimum Gasteiger partial charge on any atom is -0.505 e. The van der Waals surface area contributed by atoms with E-state index in [-0.39, 0.29) is 5.75 Å². The molecule has 0 amide bonds. The Hall–Kier alpha value is -1.84. The lowest BCUT2D eigenvalue weighted by atomic mass is 10.1. The monoisotopic (exact) mass is 192 g/mol. The highest BCUT2D eigenvalue weighted by Crippen LogP contribution is 2.23. The molecule has 0 fully saturated rings. The van der Waals surface area contributed by atoms with Crippen LogP contribution in [0.5, 0.6) is 5.75 Å². The first-order valence-corrected chi connectivity index (χ1v) is 4.13. The van der Waals surface area contributed by atoms with Crippen LogP contribution in [-0.4, -0.2) is 14.7 Å². The second-order valence-electron chi connectivity index (χ2n) is 3.06. The van der Waals surface area contributed by atoms with E-state index in [1.165, 1.54) is 12.1 Å². The molecule has 0 aliphatic heterocycles. The summed E-state index contributed by atoms with van der Waals surface area (Å²) in [5, 5.41) is 9.01. The van der Waals surface area contributed by atoms with Gasteiger partial charge in [-0.25, -0.2) is 9.37 Å². The minimum atomic E-state index is -0.622. The van der Waals surface area contributed by atoms with E-state index < -0.39 is 5.82 Å². The van der Waals surface area contributed by atoms with E-state index in [1.54, 1.807) is 23.2 Å². The summed E-state index contributed by atoms with van der Waals surface area (Å²) in [4.78, 5) is 3.93. The second-order valence-corrected chi connectivity index (χ2v) is 3.06. The van der Waals surface area contributed by atoms with Gasteiger partial charge in [-0.3, -0.25) is 0 Å². The predicted octanol–water partition coefficient (Wildman–Crippen LogP) is 1.93. The number of aromatic nitrogens is 2. The predicted molar refractivity (Wildman–Crippen MR) is 50.3 cm³/mol. The molecule has 0 radical (unpaired) electrons. The Kier molecular flexibility index (Phi) is 1.96. The van der Waals surface area contributed by atoms with Crippen molar-refractivity contribution >= 4 is 0 Å². The van der Waals surface area contributed by atoms with Crippen LogP contribution < -0.4 is 0 Å². The Balaban J connectivity index is 2.53. The summed E-state index contributed by atoms with van der Waals surface area (Å²) in [5.74, 6) is -0.959. The Morgan fingerprint density at radius 3 is 2.79 bits per heavy atom. The van der Waals surface area contributed by atoms with Gasteiger partial charge in [-0.05, 0) is 18.2 Å². The molecular weight excluding hydrogens is 183 g/mol. The minimum absolute atomic E-state index is 0.337. The molecule has 0 saturated carbocycles. The van der Waals surface area contributed by atoms with E-state index in [0.29, 0.717) is 5.56 Å². The largest absolute Gasteiger partial charge is 0.505 e. The zero-order chi connectivity index (χ0) is 10.1. The maximum atomic E-state index is 13.0. The molecule has 1 aromatic carbocycles. The molecule has 1 heterocycles. The zero-order valence-corrected chi connectivity index (χ0v) is 7.61. The molecule has 0 unspecified atom stereocenters. The summed E-state index contributed by atoms with van der Waals surface area (Å²) in [5.41, 5.74) is 1.50. The lowest BCUT2D eigenvalue weighted by Crippen LogP contribution is -1.89. The van der Waals surface area contributed by atoms with E-state index in [4.69, 9.17) is 5.11 Å². The van der Waals surface area contributed by atoms with E-state index in [0.717, 1.165) is 5.69 Å². The average Bonchev–Trinajstić information content (AvgIpc) is 2.57. The quantitative estimate of drug-likeness (QED) is 0.749. The van der Waals surface area contributed by atoms with Crippen LogP contribution in [0, 0.1) is 5.82 Å². The standard InChI is InChI=1S/C10H9FN2O/c1-13-6-12-5-9(13)7-2-3-10(14)8(11)4-7/h2-6,14H,1H3. The molecule has 0 spiro atoms. The van der Waals surface area contributed by atoms with Gasteiger partial charge in [0.25, 0.3) is 0 Å². The fraction of sp³-hybridized carbons (Fsp3) is 0.100. The summed E-state index contributed by atoms with van der Waals surface area (Å²) < 4.78 is 14.8. The normalized spacial score (nSPS) is 10.4. The number of benzene rings is 1. The van der Waals surface area contributed by atoms with Gasteiger partial charge in [0, 0.05) is 12.6 Å². The first-order chi connectivity index (χ1) is 6.68. The topological polar surface area (TPSA) is 38.0 Å². The molecule has 0 aliphatic rings. The van der Waals surface area contributed by atoms with Crippen molar-refractivity contribution in [1.82, 2.24) is 9.55 Å². The molecule has 0 aliphatic carbocycles. The number of rotatable bonds is 1. The lowest BCUT2D eigenvalue weighted by Gasteiger charge is -2.02. The summed E-state index contributed by atoms with van der Waals surface area (Å²) >= 11 is 0. The summed E-state index contributed by atoms with van der Waals surface area (Å²) in [6.45, 7) is 0. The molecule has 0 atom stereocenters. The van der Waals surface area contributed by atoms with Gasteiger partial charge in [-0.15, -0.1) is 0 Å². The first kappa shape index (κ1) is 8.74. The van der Waals surface area contributed by atoms with Crippen molar-refractivity contribution in [3.63, 3.8) is 0 Å². The smallest absolute Gasteiger partial charge is 0.165 e. The fourth-order valence-electron chi connectivity index (χ4n) is 1.30. The molecule has 4 heteroatoms. The SMILES string of the molecule is Cn1cncc1-c1ccc(O)c(F)c1. The van der Waals surface area contributed by atoms with Crippen LogP contribution in [0.2, 0.25) is 0 Å². The number of nitrogens with zero attached hydrogens (tertiary/aromatic N) is 2. The van der Waals surface area contributed by atoms with Crippen molar-refractivity contribution < 1.29 is 9.50 Å². The summed E-state index contributed by atoms with van der Waals surface area (Å²) in [7, 11) is 1.83. The van der Waals surface area contributed by atoms with E-state index >= 15 is 0 Å². The molecule has 3 nitrogen and oxygen atoms in total. The number of halogens is 1. The van der Waals surface area contributed by atoms with Crippen molar-refractivity contribution in [2.45, 2.75) is 0 Å². The molecule has 14 heavy (non-hydrogen) atoms. The van der Waals surface area contributed by atoms with E-state index in [9.17, 15) is 4.39 Å². The first-order valence-electron chi connectivity index (χ1n) is 4.13. The number of aromatic hydroxyl groups is 1. The van der Waals surface area contributed by atoms with Gasteiger partial charge in [-0.1, -0.05) is 0 Å². The maximum absolute atomic E-state index is 13.0. The Labute approximate surface area is 80.5 Å². The number of aryl methyl sites for hydroxylation is 1. The van der Waals surface area contributed by atoms with Crippen LogP contribution in [-0.2, 0) is 7.05 Å². The molecule has 2 rings (SSSR count). The van der Waals surface area contributed by atoms with Gasteiger partial charge in [0.1, 0.15) is 0 Å². The van der Waals surface area contributed by atoms with Crippen molar-refractivity contribution in [1.29, 1.82) is 0 Å². The van der Waals surface area contributed by atoms with Gasteiger partial charge in [0.15, 0.2) is 11.6 Å². The van der Waals surface area contributed by atoms with Crippen molar-refractivity contribution in [3.05, 3.63) is 36.5 Å². The molecule has 72 valence electrons. The van der Waals surface area contributed by atoms with Gasteiger partial charge < -0.3 is 9.67 Å². The molecule has 2 aromatic rings. The summed E-state index contributed by atoms with van der Waals surface area (Å²) in [6.07, 6.45) is 3.28. The Bertz CT molecular complexity index is 465. The molecule has 0 saturated heterocycles. The van der Waals surface area contributed by atoms with Gasteiger partial charge in [0.2, 0.25) is 0 Å². The second kappa shape index (κ2) is 3.14. The summed E-state index contributed by atoms with van der Waals surface area (Å²) in [6, 6.07) is 4.26. The molecular formula is C10H9FN2O. The van der Waals surface area contributed by atoms with Gasteiger partial charge in [0.05, 0.1) is 18.2 Å².